The normalized spacial score (nSPS) is 20.1. The lowest BCUT2D eigenvalue weighted by atomic mass is 9.94. The van der Waals surface area contributed by atoms with Gasteiger partial charge in [0.25, 0.3) is 0 Å². The number of halogens is 4. The van der Waals surface area contributed by atoms with Crippen LogP contribution in [-0.2, 0) is 17.5 Å². The van der Waals surface area contributed by atoms with Crippen LogP contribution in [0, 0.1) is 5.92 Å². The van der Waals surface area contributed by atoms with E-state index >= 15 is 0 Å². The zero-order valence-corrected chi connectivity index (χ0v) is 12.8. The van der Waals surface area contributed by atoms with Gasteiger partial charge < -0.3 is 5.73 Å². The van der Waals surface area contributed by atoms with Crippen molar-refractivity contribution in [3.8, 4) is 0 Å². The summed E-state index contributed by atoms with van der Waals surface area (Å²) in [6, 6.07) is 3.99. The van der Waals surface area contributed by atoms with Crippen LogP contribution in [0.2, 0.25) is 5.02 Å². The lowest BCUT2D eigenvalue weighted by molar-refractivity contribution is -0.137. The molecule has 3 nitrogen and oxygen atoms in total. The van der Waals surface area contributed by atoms with Gasteiger partial charge >= 0.3 is 6.18 Å². The van der Waals surface area contributed by atoms with Crippen LogP contribution in [0.4, 0.5) is 13.2 Å². The summed E-state index contributed by atoms with van der Waals surface area (Å²) in [5, 5.41) is -0.290. The molecule has 1 amide bonds. The standard InChI is InChI=1S/C15H18ClF3N2O/c16-13-4-3-11(6-12(13)15(17,18)19)9-21-5-1-2-10(8-21)7-14(20)22/h3-4,6,10H,1-2,5,7-9H2,(H2,20,22). The quantitative estimate of drug-likeness (QED) is 0.916. The van der Waals surface area contributed by atoms with Gasteiger partial charge in [0.1, 0.15) is 0 Å². The van der Waals surface area contributed by atoms with Crippen molar-refractivity contribution >= 4 is 17.5 Å². The zero-order chi connectivity index (χ0) is 16.3. The number of carbonyl (C=O) groups is 1. The fourth-order valence-corrected chi connectivity index (χ4v) is 3.12. The molecule has 1 saturated heterocycles. The molecule has 1 unspecified atom stereocenters. The number of likely N-dealkylation sites (tertiary alicyclic amines) is 1. The minimum Gasteiger partial charge on any atom is -0.370 e. The predicted molar refractivity (Wildman–Crippen MR) is 78.3 cm³/mol. The number of primary amides is 1. The first-order chi connectivity index (χ1) is 10.3. The third-order valence-electron chi connectivity index (χ3n) is 3.84. The molecule has 2 rings (SSSR count). The van der Waals surface area contributed by atoms with Crippen molar-refractivity contribution in [1.29, 1.82) is 0 Å². The van der Waals surface area contributed by atoms with Crippen LogP contribution in [0.1, 0.15) is 30.4 Å². The third-order valence-corrected chi connectivity index (χ3v) is 4.16. The topological polar surface area (TPSA) is 46.3 Å². The Morgan fingerprint density at radius 2 is 2.14 bits per heavy atom. The summed E-state index contributed by atoms with van der Waals surface area (Å²) >= 11 is 5.62. The second kappa shape index (κ2) is 6.87. The Hall–Kier alpha value is -1.27. The minimum atomic E-state index is -4.45. The molecular weight excluding hydrogens is 317 g/mol. The Morgan fingerprint density at radius 3 is 2.77 bits per heavy atom. The smallest absolute Gasteiger partial charge is 0.370 e. The van der Waals surface area contributed by atoms with Gasteiger partial charge in [-0.1, -0.05) is 17.7 Å². The average Bonchev–Trinajstić information content (AvgIpc) is 2.39. The van der Waals surface area contributed by atoms with Crippen LogP contribution in [0.15, 0.2) is 18.2 Å². The zero-order valence-electron chi connectivity index (χ0n) is 12.0. The van der Waals surface area contributed by atoms with E-state index in [1.807, 2.05) is 0 Å². The minimum absolute atomic E-state index is 0.181. The highest BCUT2D eigenvalue weighted by molar-refractivity contribution is 6.31. The molecular formula is C15H18ClF3N2O. The first-order valence-electron chi connectivity index (χ1n) is 7.12. The van der Waals surface area contributed by atoms with Gasteiger partial charge in [-0.15, -0.1) is 0 Å². The summed E-state index contributed by atoms with van der Waals surface area (Å²) in [6.07, 6.45) is -2.29. The molecule has 1 aromatic rings. The molecule has 1 fully saturated rings. The van der Waals surface area contributed by atoms with Gasteiger partial charge in [-0.05, 0) is 43.0 Å². The Labute approximate surface area is 132 Å². The van der Waals surface area contributed by atoms with Crippen molar-refractivity contribution in [2.75, 3.05) is 13.1 Å². The molecule has 22 heavy (non-hydrogen) atoms. The number of carbonyl (C=O) groups excluding carboxylic acids is 1. The second-order valence-electron chi connectivity index (χ2n) is 5.73. The van der Waals surface area contributed by atoms with E-state index in [4.69, 9.17) is 17.3 Å². The van der Waals surface area contributed by atoms with Gasteiger partial charge in [0.15, 0.2) is 0 Å². The molecule has 0 saturated carbocycles. The summed E-state index contributed by atoms with van der Waals surface area (Å²) in [6.45, 7) is 1.89. The number of nitrogens with zero attached hydrogens (tertiary/aromatic N) is 1. The number of rotatable bonds is 4. The summed E-state index contributed by atoms with van der Waals surface area (Å²) in [4.78, 5) is 13.0. The fourth-order valence-electron chi connectivity index (χ4n) is 2.89. The van der Waals surface area contributed by atoms with Crippen LogP contribution in [0.5, 0.6) is 0 Å². The number of hydrogen-bond acceptors (Lipinski definition) is 2. The van der Waals surface area contributed by atoms with Crippen molar-refractivity contribution in [3.63, 3.8) is 0 Å². The molecule has 1 aliphatic heterocycles. The molecule has 1 atom stereocenters. The van der Waals surface area contributed by atoms with Gasteiger partial charge in [-0.2, -0.15) is 13.2 Å². The van der Waals surface area contributed by atoms with Crippen LogP contribution < -0.4 is 5.73 Å². The third kappa shape index (κ3) is 4.61. The molecule has 2 N–H and O–H groups in total. The lowest BCUT2D eigenvalue weighted by Crippen LogP contribution is -2.36. The molecule has 1 aromatic carbocycles. The molecule has 1 heterocycles. The maximum absolute atomic E-state index is 12.9. The number of benzene rings is 1. The highest BCUT2D eigenvalue weighted by Crippen LogP contribution is 2.35. The SMILES string of the molecule is NC(=O)CC1CCCN(Cc2ccc(Cl)c(C(F)(F)F)c2)C1. The highest BCUT2D eigenvalue weighted by Gasteiger charge is 2.33. The summed E-state index contributed by atoms with van der Waals surface area (Å²) < 4.78 is 38.6. The highest BCUT2D eigenvalue weighted by atomic mass is 35.5. The van der Waals surface area contributed by atoms with Gasteiger partial charge in [0, 0.05) is 19.5 Å². The van der Waals surface area contributed by atoms with E-state index in [0.717, 1.165) is 25.5 Å². The summed E-state index contributed by atoms with van der Waals surface area (Å²) in [5.41, 5.74) is 4.97. The first-order valence-corrected chi connectivity index (χ1v) is 7.50. The van der Waals surface area contributed by atoms with Crippen LogP contribution in [-0.4, -0.2) is 23.9 Å². The summed E-state index contributed by atoms with van der Waals surface area (Å²) in [7, 11) is 0. The predicted octanol–water partition coefficient (Wildman–Crippen LogP) is 3.45. The van der Waals surface area contributed by atoms with Crippen LogP contribution in [0.25, 0.3) is 0 Å². The summed E-state index contributed by atoms with van der Waals surface area (Å²) in [5.74, 6) is -0.154. The van der Waals surface area contributed by atoms with Gasteiger partial charge in [0.05, 0.1) is 10.6 Å². The van der Waals surface area contributed by atoms with Crippen molar-refractivity contribution in [3.05, 3.63) is 34.3 Å². The van der Waals surface area contributed by atoms with Gasteiger partial charge in [0.2, 0.25) is 5.91 Å². The molecule has 0 spiro atoms. The molecule has 0 radical (unpaired) electrons. The average molecular weight is 335 g/mol. The van der Waals surface area contributed by atoms with Crippen molar-refractivity contribution in [1.82, 2.24) is 4.90 Å². The van der Waals surface area contributed by atoms with E-state index in [-0.39, 0.29) is 16.8 Å². The van der Waals surface area contributed by atoms with Crippen molar-refractivity contribution in [2.45, 2.75) is 32.0 Å². The number of nitrogens with two attached hydrogens (primary N) is 1. The monoisotopic (exact) mass is 334 g/mol. The molecule has 0 aromatic heterocycles. The lowest BCUT2D eigenvalue weighted by Gasteiger charge is -2.32. The van der Waals surface area contributed by atoms with Gasteiger partial charge in [-0.25, -0.2) is 0 Å². The maximum Gasteiger partial charge on any atom is 0.417 e. The van der Waals surface area contributed by atoms with E-state index in [0.29, 0.717) is 25.1 Å². The number of piperidine rings is 1. The van der Waals surface area contributed by atoms with Gasteiger partial charge in [-0.3, -0.25) is 9.69 Å². The van der Waals surface area contributed by atoms with Crippen molar-refractivity contribution in [2.24, 2.45) is 11.7 Å². The Kier molecular flexibility index (Phi) is 5.34. The number of alkyl halides is 3. The molecule has 7 heteroatoms. The van der Waals surface area contributed by atoms with Crippen molar-refractivity contribution < 1.29 is 18.0 Å². The molecule has 0 bridgehead atoms. The van der Waals surface area contributed by atoms with Crippen LogP contribution in [0.3, 0.4) is 0 Å². The van der Waals surface area contributed by atoms with E-state index in [9.17, 15) is 18.0 Å². The number of amides is 1. The molecule has 0 aliphatic carbocycles. The maximum atomic E-state index is 12.9. The Bertz CT molecular complexity index is 548. The van der Waals surface area contributed by atoms with E-state index in [2.05, 4.69) is 4.90 Å². The van der Waals surface area contributed by atoms with E-state index in [1.54, 1.807) is 6.07 Å². The Morgan fingerprint density at radius 1 is 1.41 bits per heavy atom. The first kappa shape index (κ1) is 17.1. The molecule has 1 aliphatic rings. The second-order valence-corrected chi connectivity index (χ2v) is 6.13. The van der Waals surface area contributed by atoms with E-state index in [1.165, 1.54) is 6.07 Å². The van der Waals surface area contributed by atoms with E-state index < -0.39 is 11.7 Å². The largest absolute Gasteiger partial charge is 0.417 e. The molecule has 122 valence electrons. The fraction of sp³-hybridized carbons (Fsp3) is 0.533. The Balaban J connectivity index is 2.06. The van der Waals surface area contributed by atoms with Crippen LogP contribution >= 0.6 is 11.6 Å². The number of hydrogen-bond donors (Lipinski definition) is 1.